The number of hydrogen-bond acceptors (Lipinski definition) is 7. The number of fused-ring (bicyclic) bond motifs is 3. The normalized spacial score (nSPS) is 39.6. The number of allylic oxidation sites excluding steroid dienone is 3. The van der Waals surface area contributed by atoms with Crippen molar-refractivity contribution in [1.82, 2.24) is 0 Å². The fraction of sp³-hybridized carbons (Fsp3) is 0.605. The van der Waals surface area contributed by atoms with Gasteiger partial charge in [0.25, 0.3) is 0 Å². The molecule has 10 rings (SSSR count). The number of carboxylic acids is 1. The molecule has 5 fully saturated rings. The van der Waals surface area contributed by atoms with Crippen LogP contribution >= 0.6 is 0 Å². The van der Waals surface area contributed by atoms with Crippen molar-refractivity contribution < 1.29 is 38.8 Å². The number of aliphatic carboxylic acids is 1. The summed E-state index contributed by atoms with van der Waals surface area (Å²) in [5.41, 5.74) is -1.22. The Labute approximate surface area is 269 Å². The Morgan fingerprint density at radius 1 is 1.04 bits per heavy atom. The number of phenols is 1. The number of carbonyl (C=O) groups is 3. The Morgan fingerprint density at radius 2 is 1.76 bits per heavy atom. The number of benzene rings is 1. The van der Waals surface area contributed by atoms with Crippen LogP contribution in [0.25, 0.3) is 0 Å². The molecule has 8 nitrogen and oxygen atoms in total. The van der Waals surface area contributed by atoms with Crippen molar-refractivity contribution in [3.05, 3.63) is 51.6 Å². The van der Waals surface area contributed by atoms with Crippen LogP contribution in [0.1, 0.15) is 108 Å². The van der Waals surface area contributed by atoms with E-state index in [4.69, 9.17) is 14.2 Å². The summed E-state index contributed by atoms with van der Waals surface area (Å²) in [5, 5.41) is 21.9. The van der Waals surface area contributed by atoms with E-state index in [2.05, 4.69) is 26.8 Å². The SMILES string of the molecule is CC(C)=CCc1c2c(c(O)c3c1O[C@]1(C)CCC4C3C1C4(C)C)C(=O)C1=C[C@@H]3CC4C(C)(C)O[C@@](C/C=C(/C)C(=O)O)(C3=O)[C@@]14O2. The Kier molecular flexibility index (Phi) is 5.70. The predicted molar refractivity (Wildman–Crippen MR) is 169 cm³/mol. The van der Waals surface area contributed by atoms with Gasteiger partial charge in [-0.05, 0) is 78.6 Å². The van der Waals surface area contributed by atoms with Gasteiger partial charge >= 0.3 is 5.97 Å². The minimum Gasteiger partial charge on any atom is -0.507 e. The van der Waals surface area contributed by atoms with Crippen molar-refractivity contribution >= 4 is 17.5 Å². The second-order valence-electron chi connectivity index (χ2n) is 16.6. The molecule has 6 aliphatic carbocycles. The standard InChI is InChI=1S/C38H44O8/c1-17(2)9-10-20-29-25(24-21-12-13-36(8,44-29)31(24)34(21,4)5)28(40)26-27(39)22-15-19-16-23-35(6,7)46-37(32(19)41,14-11-18(3)33(42)43)38(22,23)45-30(20)26/h9,11,15,19,21,23-24,31,40H,10,12-14,16H2,1-8H3,(H,42,43)/b18-11-/t19-,21?,23?,24?,31?,36-,37+,38-/m1/s1. The maximum atomic E-state index is 15.0. The lowest BCUT2D eigenvalue weighted by Gasteiger charge is -2.70. The first-order chi connectivity index (χ1) is 21.4. The third-order valence-corrected chi connectivity index (χ3v) is 13.2. The summed E-state index contributed by atoms with van der Waals surface area (Å²) in [4.78, 5) is 41.2. The number of ketones is 2. The summed E-state index contributed by atoms with van der Waals surface area (Å²) in [6.07, 6.45) is 8.08. The number of carboxylic acid groups (broad SMARTS) is 1. The van der Waals surface area contributed by atoms with E-state index in [0.717, 1.165) is 24.0 Å². The summed E-state index contributed by atoms with van der Waals surface area (Å²) >= 11 is 0. The molecule has 0 amide bonds. The first kappa shape index (κ1) is 30.0. The number of aromatic hydroxyl groups is 1. The molecular formula is C38H44O8. The van der Waals surface area contributed by atoms with Crippen molar-refractivity contribution in [2.45, 2.75) is 116 Å². The fourth-order valence-corrected chi connectivity index (χ4v) is 11.3. The van der Waals surface area contributed by atoms with Gasteiger partial charge in [0.15, 0.2) is 22.8 Å². The van der Waals surface area contributed by atoms with E-state index in [9.17, 15) is 24.6 Å². The second kappa shape index (κ2) is 8.74. The Balaban J connectivity index is 1.40. The smallest absolute Gasteiger partial charge is 0.330 e. The van der Waals surface area contributed by atoms with Crippen LogP contribution in [-0.4, -0.2) is 50.2 Å². The van der Waals surface area contributed by atoms with E-state index in [-0.39, 0.29) is 63.8 Å². The molecule has 8 bridgehead atoms. The van der Waals surface area contributed by atoms with Gasteiger partial charge in [0.1, 0.15) is 28.4 Å². The molecule has 4 unspecified atom stereocenters. The van der Waals surface area contributed by atoms with Crippen LogP contribution < -0.4 is 9.47 Å². The molecule has 2 N–H and O–H groups in total. The quantitative estimate of drug-likeness (QED) is 0.276. The average molecular weight is 629 g/mol. The van der Waals surface area contributed by atoms with Gasteiger partial charge in [-0.1, -0.05) is 37.6 Å². The molecule has 1 saturated heterocycles. The molecule has 244 valence electrons. The number of phenolic OH excluding ortho intramolecular Hbond substituents is 1. The van der Waals surface area contributed by atoms with Gasteiger partial charge in [-0.2, -0.15) is 0 Å². The molecule has 0 aromatic heterocycles. The number of rotatable bonds is 5. The fourth-order valence-electron chi connectivity index (χ4n) is 11.3. The summed E-state index contributed by atoms with van der Waals surface area (Å²) in [5.74, 6) is -1.12. The summed E-state index contributed by atoms with van der Waals surface area (Å²) in [6.45, 7) is 16.1. The molecule has 46 heavy (non-hydrogen) atoms. The lowest BCUT2D eigenvalue weighted by Crippen LogP contribution is -2.72. The Bertz CT molecular complexity index is 1770. The monoisotopic (exact) mass is 628 g/mol. The molecule has 1 spiro atoms. The molecule has 4 saturated carbocycles. The zero-order valence-electron chi connectivity index (χ0n) is 28.0. The van der Waals surface area contributed by atoms with Crippen molar-refractivity contribution in [2.24, 2.45) is 29.1 Å². The van der Waals surface area contributed by atoms with E-state index >= 15 is 0 Å². The van der Waals surface area contributed by atoms with Crippen molar-refractivity contribution in [3.8, 4) is 17.2 Å². The van der Waals surface area contributed by atoms with Crippen LogP contribution in [0.4, 0.5) is 0 Å². The molecule has 3 heterocycles. The van der Waals surface area contributed by atoms with E-state index in [1.807, 2.05) is 27.7 Å². The third kappa shape index (κ3) is 3.22. The Morgan fingerprint density at radius 3 is 2.41 bits per heavy atom. The van der Waals surface area contributed by atoms with Gasteiger partial charge in [0.2, 0.25) is 0 Å². The maximum Gasteiger partial charge on any atom is 0.330 e. The number of hydrogen-bond donors (Lipinski definition) is 2. The van der Waals surface area contributed by atoms with Gasteiger partial charge in [0.05, 0.1) is 5.60 Å². The van der Waals surface area contributed by atoms with Gasteiger partial charge in [-0.3, -0.25) is 9.59 Å². The highest BCUT2D eigenvalue weighted by molar-refractivity contribution is 6.18. The average Bonchev–Trinajstić information content (AvgIpc) is 3.11. The molecule has 1 aromatic rings. The largest absolute Gasteiger partial charge is 0.507 e. The highest BCUT2D eigenvalue weighted by Crippen LogP contribution is 2.76. The summed E-state index contributed by atoms with van der Waals surface area (Å²) in [7, 11) is 0. The van der Waals surface area contributed by atoms with Crippen molar-refractivity contribution in [2.75, 3.05) is 0 Å². The zero-order chi connectivity index (χ0) is 33.1. The minimum atomic E-state index is -1.60. The zero-order valence-corrected chi connectivity index (χ0v) is 28.0. The molecular weight excluding hydrogens is 584 g/mol. The van der Waals surface area contributed by atoms with Gasteiger partial charge in [-0.25, -0.2) is 4.79 Å². The van der Waals surface area contributed by atoms with Crippen LogP contribution in [0.3, 0.4) is 0 Å². The lowest BCUT2D eigenvalue weighted by atomic mass is 9.37. The van der Waals surface area contributed by atoms with Crippen LogP contribution in [0.2, 0.25) is 0 Å². The highest BCUT2D eigenvalue weighted by atomic mass is 16.6. The number of ether oxygens (including phenoxy) is 3. The molecule has 3 aliphatic heterocycles. The van der Waals surface area contributed by atoms with Gasteiger partial charge in [0, 0.05) is 52.4 Å². The topological polar surface area (TPSA) is 119 Å². The van der Waals surface area contributed by atoms with Gasteiger partial charge < -0.3 is 24.4 Å². The molecule has 9 aliphatic rings. The van der Waals surface area contributed by atoms with Crippen molar-refractivity contribution in [1.29, 1.82) is 0 Å². The first-order valence-corrected chi connectivity index (χ1v) is 16.8. The van der Waals surface area contributed by atoms with Crippen LogP contribution in [0, 0.1) is 29.1 Å². The molecule has 1 aromatic carbocycles. The van der Waals surface area contributed by atoms with E-state index < -0.39 is 34.3 Å². The molecule has 0 radical (unpaired) electrons. The highest BCUT2D eigenvalue weighted by Gasteiger charge is 2.81. The minimum absolute atomic E-state index is 0.0455. The third-order valence-electron chi connectivity index (χ3n) is 13.2. The van der Waals surface area contributed by atoms with Crippen molar-refractivity contribution in [3.63, 3.8) is 0 Å². The van der Waals surface area contributed by atoms with E-state index in [1.165, 1.54) is 13.0 Å². The first-order valence-electron chi connectivity index (χ1n) is 16.8. The van der Waals surface area contributed by atoms with Gasteiger partial charge in [-0.15, -0.1) is 0 Å². The molecule has 8 atom stereocenters. The van der Waals surface area contributed by atoms with E-state index in [0.29, 0.717) is 35.6 Å². The number of carbonyl (C=O) groups excluding carboxylic acids is 2. The van der Waals surface area contributed by atoms with Crippen LogP contribution in [-0.2, 0) is 20.7 Å². The summed E-state index contributed by atoms with van der Waals surface area (Å²) in [6, 6.07) is 0. The van der Waals surface area contributed by atoms with Crippen LogP contribution in [0.5, 0.6) is 17.2 Å². The predicted octanol–water partition coefficient (Wildman–Crippen LogP) is 6.63. The maximum absolute atomic E-state index is 15.0. The van der Waals surface area contributed by atoms with E-state index in [1.54, 1.807) is 6.08 Å². The van der Waals surface area contributed by atoms with Crippen LogP contribution in [0.15, 0.2) is 34.9 Å². The molecule has 8 heteroatoms. The summed E-state index contributed by atoms with van der Waals surface area (Å²) < 4.78 is 21.0. The lowest BCUT2D eigenvalue weighted by molar-refractivity contribution is -0.214. The Hall–Kier alpha value is -3.39. The number of Topliss-reactive ketones (excluding diaryl/α,β-unsaturated/α-hetero) is 2. The second-order valence-corrected chi connectivity index (χ2v) is 16.6.